The fraction of sp³-hybridized carbons (Fsp3) is 0.538. The summed E-state index contributed by atoms with van der Waals surface area (Å²) in [5, 5.41) is 12.3. The molecule has 1 unspecified atom stereocenters. The van der Waals surface area contributed by atoms with E-state index in [1.54, 1.807) is 6.07 Å². The smallest absolute Gasteiger partial charge is 0.137 e. The molecule has 0 bridgehead atoms. The molecule has 0 aliphatic heterocycles. The minimum Gasteiger partial charge on any atom is -0.395 e. The zero-order valence-corrected chi connectivity index (χ0v) is 11.4. The van der Waals surface area contributed by atoms with Crippen LogP contribution in [0.1, 0.15) is 26.3 Å². The van der Waals surface area contributed by atoms with E-state index in [-0.39, 0.29) is 17.7 Å². The molecular formula is C13H20FNOS. The fourth-order valence-electron chi connectivity index (χ4n) is 1.38. The number of halogens is 1. The molecule has 0 fully saturated rings. The number of aliphatic hydroxyl groups is 1. The highest BCUT2D eigenvalue weighted by Gasteiger charge is 2.12. The summed E-state index contributed by atoms with van der Waals surface area (Å²) in [6, 6.07) is 5.47. The number of hydrogen-bond acceptors (Lipinski definition) is 3. The maximum absolute atomic E-state index is 13.7. The monoisotopic (exact) mass is 257 g/mol. The molecule has 0 aromatic heterocycles. The first-order valence-electron chi connectivity index (χ1n) is 5.83. The van der Waals surface area contributed by atoms with Gasteiger partial charge in [0.1, 0.15) is 5.82 Å². The molecule has 17 heavy (non-hydrogen) atoms. The lowest BCUT2D eigenvalue weighted by atomic mass is 10.2. The minimum absolute atomic E-state index is 0.00435. The molecule has 96 valence electrons. The van der Waals surface area contributed by atoms with Crippen LogP contribution in [0.2, 0.25) is 0 Å². The van der Waals surface area contributed by atoms with Crippen molar-refractivity contribution in [3.05, 3.63) is 29.6 Å². The van der Waals surface area contributed by atoms with Crippen LogP contribution in [0, 0.1) is 5.82 Å². The van der Waals surface area contributed by atoms with Crippen molar-refractivity contribution in [2.45, 2.75) is 43.5 Å². The predicted molar refractivity (Wildman–Crippen MR) is 70.8 cm³/mol. The Bertz CT molecular complexity index is 357. The Balaban J connectivity index is 2.84. The largest absolute Gasteiger partial charge is 0.395 e. The van der Waals surface area contributed by atoms with Gasteiger partial charge in [0.2, 0.25) is 0 Å². The van der Waals surface area contributed by atoms with Crippen LogP contribution in [0.4, 0.5) is 4.39 Å². The van der Waals surface area contributed by atoms with E-state index in [2.05, 4.69) is 19.2 Å². The first-order chi connectivity index (χ1) is 8.04. The Morgan fingerprint density at radius 2 is 2.06 bits per heavy atom. The maximum Gasteiger partial charge on any atom is 0.137 e. The number of nitrogens with one attached hydrogen (secondary N) is 1. The van der Waals surface area contributed by atoms with E-state index in [0.29, 0.717) is 17.5 Å². The topological polar surface area (TPSA) is 32.3 Å². The second-order valence-corrected chi connectivity index (χ2v) is 5.82. The van der Waals surface area contributed by atoms with Crippen molar-refractivity contribution >= 4 is 11.8 Å². The van der Waals surface area contributed by atoms with Crippen molar-refractivity contribution in [3.63, 3.8) is 0 Å². The Morgan fingerprint density at radius 3 is 2.65 bits per heavy atom. The van der Waals surface area contributed by atoms with Crippen molar-refractivity contribution in [2.24, 2.45) is 0 Å². The van der Waals surface area contributed by atoms with Crippen LogP contribution in [0.25, 0.3) is 0 Å². The molecule has 0 aliphatic rings. The highest BCUT2D eigenvalue weighted by Crippen LogP contribution is 2.29. The highest BCUT2D eigenvalue weighted by molar-refractivity contribution is 8.00. The molecule has 0 heterocycles. The van der Waals surface area contributed by atoms with E-state index in [1.807, 2.05) is 13.0 Å². The van der Waals surface area contributed by atoms with Gasteiger partial charge >= 0.3 is 0 Å². The van der Waals surface area contributed by atoms with Gasteiger partial charge in [-0.05, 0) is 11.6 Å². The highest BCUT2D eigenvalue weighted by atomic mass is 32.2. The molecule has 1 atom stereocenters. The van der Waals surface area contributed by atoms with Crippen molar-refractivity contribution in [1.29, 1.82) is 0 Å². The summed E-state index contributed by atoms with van der Waals surface area (Å²) >= 11 is 1.38. The van der Waals surface area contributed by atoms with Crippen LogP contribution >= 0.6 is 11.8 Å². The van der Waals surface area contributed by atoms with Crippen molar-refractivity contribution < 1.29 is 9.50 Å². The van der Waals surface area contributed by atoms with Crippen LogP contribution in [0.5, 0.6) is 0 Å². The van der Waals surface area contributed by atoms with E-state index in [1.165, 1.54) is 17.8 Å². The summed E-state index contributed by atoms with van der Waals surface area (Å²) in [6.45, 7) is 6.70. The van der Waals surface area contributed by atoms with Gasteiger partial charge in [-0.3, -0.25) is 0 Å². The third kappa shape index (κ3) is 4.66. The Hall–Kier alpha value is -0.580. The molecule has 4 heteroatoms. The lowest BCUT2D eigenvalue weighted by Gasteiger charge is -2.15. The average Bonchev–Trinajstić information content (AvgIpc) is 2.29. The van der Waals surface area contributed by atoms with Crippen LogP contribution in [0.15, 0.2) is 23.1 Å². The first-order valence-corrected chi connectivity index (χ1v) is 6.70. The Kier molecular flexibility index (Phi) is 5.95. The standard InChI is InChI=1S/C13H20FNOS/c1-9(2)15-7-11-5-4-6-12(14)13(11)17-10(3)8-16/h4-6,9-10,15-16H,7-8H2,1-3H3. The normalized spacial score (nSPS) is 13.1. The van der Waals surface area contributed by atoms with Gasteiger partial charge in [-0.1, -0.05) is 32.9 Å². The first kappa shape index (κ1) is 14.5. The van der Waals surface area contributed by atoms with Gasteiger partial charge in [0.05, 0.1) is 6.61 Å². The molecule has 1 rings (SSSR count). The fourth-order valence-corrected chi connectivity index (χ4v) is 2.33. The second-order valence-electron chi connectivity index (χ2n) is 4.37. The average molecular weight is 257 g/mol. The van der Waals surface area contributed by atoms with Crippen molar-refractivity contribution in [1.82, 2.24) is 5.32 Å². The molecule has 1 aromatic rings. The molecule has 2 N–H and O–H groups in total. The van der Waals surface area contributed by atoms with Crippen LogP contribution in [0.3, 0.4) is 0 Å². The van der Waals surface area contributed by atoms with Crippen LogP contribution in [-0.4, -0.2) is 23.0 Å². The summed E-state index contributed by atoms with van der Waals surface area (Å²) < 4.78 is 13.7. The van der Waals surface area contributed by atoms with E-state index in [0.717, 1.165) is 5.56 Å². The maximum atomic E-state index is 13.7. The van der Waals surface area contributed by atoms with Crippen LogP contribution < -0.4 is 5.32 Å². The van der Waals surface area contributed by atoms with Crippen molar-refractivity contribution in [3.8, 4) is 0 Å². The van der Waals surface area contributed by atoms with Gasteiger partial charge < -0.3 is 10.4 Å². The van der Waals surface area contributed by atoms with Crippen LogP contribution in [-0.2, 0) is 6.54 Å². The molecule has 2 nitrogen and oxygen atoms in total. The lowest BCUT2D eigenvalue weighted by molar-refractivity contribution is 0.300. The molecule has 0 amide bonds. The Labute approximate surface area is 107 Å². The summed E-state index contributed by atoms with van der Waals surface area (Å²) in [4.78, 5) is 0.641. The van der Waals surface area contributed by atoms with Gasteiger partial charge in [-0.25, -0.2) is 4.39 Å². The predicted octanol–water partition coefficient (Wildman–Crippen LogP) is 2.80. The SMILES string of the molecule is CC(C)NCc1cccc(F)c1SC(C)CO. The van der Waals surface area contributed by atoms with Gasteiger partial charge in [0, 0.05) is 22.7 Å². The summed E-state index contributed by atoms with van der Waals surface area (Å²) in [5.41, 5.74) is 0.948. The molecule has 0 radical (unpaired) electrons. The number of hydrogen-bond donors (Lipinski definition) is 2. The molecule has 0 saturated heterocycles. The molecule has 0 spiro atoms. The van der Waals surface area contributed by atoms with E-state index in [4.69, 9.17) is 5.11 Å². The quantitative estimate of drug-likeness (QED) is 0.769. The van der Waals surface area contributed by atoms with E-state index < -0.39 is 0 Å². The molecule has 0 aliphatic carbocycles. The minimum atomic E-state index is -0.210. The Morgan fingerprint density at radius 1 is 1.35 bits per heavy atom. The lowest BCUT2D eigenvalue weighted by Crippen LogP contribution is -2.22. The number of benzene rings is 1. The van der Waals surface area contributed by atoms with E-state index in [9.17, 15) is 4.39 Å². The zero-order valence-electron chi connectivity index (χ0n) is 10.5. The number of thioether (sulfide) groups is 1. The second kappa shape index (κ2) is 6.99. The molecule has 1 aromatic carbocycles. The molecular weight excluding hydrogens is 237 g/mol. The summed E-state index contributed by atoms with van der Waals surface area (Å²) in [6.07, 6.45) is 0. The zero-order chi connectivity index (χ0) is 12.8. The van der Waals surface area contributed by atoms with Crippen molar-refractivity contribution in [2.75, 3.05) is 6.61 Å². The van der Waals surface area contributed by atoms with E-state index >= 15 is 0 Å². The third-order valence-corrected chi connectivity index (χ3v) is 3.57. The third-order valence-electron chi connectivity index (χ3n) is 2.33. The summed E-state index contributed by atoms with van der Waals surface area (Å²) in [7, 11) is 0. The van der Waals surface area contributed by atoms with Gasteiger partial charge in [-0.2, -0.15) is 0 Å². The number of rotatable bonds is 6. The van der Waals surface area contributed by atoms with Gasteiger partial charge in [-0.15, -0.1) is 11.8 Å². The molecule has 0 saturated carbocycles. The number of aliphatic hydroxyl groups excluding tert-OH is 1. The van der Waals surface area contributed by atoms with Gasteiger partial charge in [0.15, 0.2) is 0 Å². The summed E-state index contributed by atoms with van der Waals surface area (Å²) in [5.74, 6) is -0.210. The van der Waals surface area contributed by atoms with Gasteiger partial charge in [0.25, 0.3) is 0 Å².